The topological polar surface area (TPSA) is 96.1 Å². The molecule has 1 aliphatic heterocycles. The molecule has 22 heavy (non-hydrogen) atoms. The summed E-state index contributed by atoms with van der Waals surface area (Å²) in [4.78, 5) is 15.5. The van der Waals surface area contributed by atoms with Gasteiger partial charge in [0.1, 0.15) is 4.90 Å². The second kappa shape index (κ2) is 6.05. The van der Waals surface area contributed by atoms with E-state index in [2.05, 4.69) is 4.40 Å². The van der Waals surface area contributed by atoms with Crippen LogP contribution in [0.3, 0.4) is 0 Å². The highest BCUT2D eigenvalue weighted by molar-refractivity contribution is 7.90. The summed E-state index contributed by atoms with van der Waals surface area (Å²) >= 11 is 0. The lowest BCUT2D eigenvalue weighted by atomic mass is 10.2. The number of fused-ring (bicyclic) bond motifs is 1. The van der Waals surface area contributed by atoms with E-state index in [1.54, 1.807) is 42.1 Å². The Morgan fingerprint density at radius 1 is 1.32 bits per heavy atom. The van der Waals surface area contributed by atoms with E-state index in [9.17, 15) is 13.2 Å². The normalized spacial score (nSPS) is 16.6. The first-order chi connectivity index (χ1) is 10.3. The molecule has 1 heterocycles. The second-order valence-electron chi connectivity index (χ2n) is 5.33. The van der Waals surface area contributed by atoms with E-state index in [1.165, 1.54) is 6.07 Å². The van der Waals surface area contributed by atoms with Crippen molar-refractivity contribution in [3.8, 4) is 0 Å². The van der Waals surface area contributed by atoms with E-state index < -0.39 is 10.0 Å². The summed E-state index contributed by atoms with van der Waals surface area (Å²) in [6.45, 7) is 2.25. The van der Waals surface area contributed by atoms with E-state index in [4.69, 9.17) is 5.73 Å². The number of hydrogen-bond donors (Lipinski definition) is 1. The van der Waals surface area contributed by atoms with Gasteiger partial charge in [0, 0.05) is 32.2 Å². The molecule has 0 aliphatic carbocycles. The summed E-state index contributed by atoms with van der Waals surface area (Å²) in [5, 5.41) is 0. The van der Waals surface area contributed by atoms with Crippen LogP contribution in [-0.2, 0) is 14.8 Å². The van der Waals surface area contributed by atoms with E-state index in [-0.39, 0.29) is 29.2 Å². The summed E-state index contributed by atoms with van der Waals surface area (Å²) in [5.41, 5.74) is 6.07. The van der Waals surface area contributed by atoms with E-state index in [0.29, 0.717) is 12.1 Å². The predicted molar refractivity (Wildman–Crippen MR) is 84.1 cm³/mol. The number of hydrogen-bond acceptors (Lipinski definition) is 5. The Hall–Kier alpha value is -1.93. The quantitative estimate of drug-likeness (QED) is 0.832. The number of carbonyl (C=O) groups excluding carboxylic acids is 1. The van der Waals surface area contributed by atoms with Crippen molar-refractivity contribution in [1.82, 2.24) is 9.80 Å². The Morgan fingerprint density at radius 2 is 1.95 bits per heavy atom. The predicted octanol–water partition coefficient (Wildman–Crippen LogP) is -0.127. The van der Waals surface area contributed by atoms with Crippen molar-refractivity contribution in [3.63, 3.8) is 0 Å². The van der Waals surface area contributed by atoms with Crippen LogP contribution in [0, 0.1) is 0 Å². The molecule has 120 valence electrons. The average molecular weight is 324 g/mol. The number of amidine groups is 1. The van der Waals surface area contributed by atoms with Crippen LogP contribution < -0.4 is 5.73 Å². The molecule has 8 heteroatoms. The van der Waals surface area contributed by atoms with Gasteiger partial charge in [-0.05, 0) is 19.1 Å². The molecule has 2 rings (SSSR count). The highest BCUT2D eigenvalue weighted by atomic mass is 32.2. The van der Waals surface area contributed by atoms with Crippen molar-refractivity contribution in [1.29, 1.82) is 0 Å². The Balaban J connectivity index is 2.21. The van der Waals surface area contributed by atoms with E-state index in [1.807, 2.05) is 6.92 Å². The highest BCUT2D eigenvalue weighted by Crippen LogP contribution is 2.26. The van der Waals surface area contributed by atoms with Crippen LogP contribution in [0.2, 0.25) is 0 Å². The molecule has 1 atom stereocenters. The number of carbonyl (C=O) groups is 1. The maximum atomic E-state index is 12.2. The van der Waals surface area contributed by atoms with Gasteiger partial charge in [-0.1, -0.05) is 12.1 Å². The lowest BCUT2D eigenvalue weighted by molar-refractivity contribution is -0.131. The smallest absolute Gasteiger partial charge is 0.285 e. The van der Waals surface area contributed by atoms with Gasteiger partial charge in [-0.15, -0.1) is 4.40 Å². The first-order valence-electron chi connectivity index (χ1n) is 6.89. The molecule has 1 aromatic rings. The van der Waals surface area contributed by atoms with Gasteiger partial charge in [-0.25, -0.2) is 0 Å². The summed E-state index contributed by atoms with van der Waals surface area (Å²) in [5.74, 6) is 0.141. The van der Waals surface area contributed by atoms with Crippen LogP contribution in [0.1, 0.15) is 12.5 Å². The van der Waals surface area contributed by atoms with Crippen molar-refractivity contribution >= 4 is 21.8 Å². The van der Waals surface area contributed by atoms with Crippen molar-refractivity contribution < 1.29 is 13.2 Å². The Kier molecular flexibility index (Phi) is 4.52. The average Bonchev–Trinajstić information content (AvgIpc) is 2.78. The molecule has 0 radical (unpaired) electrons. The monoisotopic (exact) mass is 324 g/mol. The van der Waals surface area contributed by atoms with Crippen LogP contribution in [0.4, 0.5) is 0 Å². The Morgan fingerprint density at radius 3 is 2.59 bits per heavy atom. The number of rotatable bonds is 4. The minimum Gasteiger partial charge on any atom is -0.349 e. The van der Waals surface area contributed by atoms with Crippen molar-refractivity contribution in [2.24, 2.45) is 10.1 Å². The third-order valence-electron chi connectivity index (χ3n) is 3.74. The zero-order chi connectivity index (χ0) is 16.5. The molecule has 1 unspecified atom stereocenters. The summed E-state index contributed by atoms with van der Waals surface area (Å²) in [6, 6.07) is 6.51. The molecule has 1 aliphatic rings. The molecule has 0 spiro atoms. The first kappa shape index (κ1) is 16.4. The molecular weight excluding hydrogens is 304 g/mol. The van der Waals surface area contributed by atoms with Gasteiger partial charge in [0.15, 0.2) is 5.84 Å². The van der Waals surface area contributed by atoms with Gasteiger partial charge in [-0.2, -0.15) is 8.42 Å². The molecular formula is C14H20N4O3S. The SMILES string of the molecule is CC(CN)N(C)C(=O)CN(C)C1=NS(=O)(=O)c2ccccc21. The summed E-state index contributed by atoms with van der Waals surface area (Å²) in [7, 11) is -0.352. The van der Waals surface area contributed by atoms with Crippen LogP contribution >= 0.6 is 0 Å². The fourth-order valence-electron chi connectivity index (χ4n) is 2.16. The van der Waals surface area contributed by atoms with Crippen molar-refractivity contribution in [3.05, 3.63) is 29.8 Å². The third-order valence-corrected chi connectivity index (χ3v) is 5.07. The molecule has 7 nitrogen and oxygen atoms in total. The molecule has 2 N–H and O–H groups in total. The minimum atomic E-state index is -3.68. The lowest BCUT2D eigenvalue weighted by Crippen LogP contribution is -2.45. The molecule has 0 aromatic heterocycles. The minimum absolute atomic E-state index is 0.0313. The second-order valence-corrected chi connectivity index (χ2v) is 6.90. The maximum absolute atomic E-state index is 12.2. The Bertz CT molecular complexity index is 715. The summed E-state index contributed by atoms with van der Waals surface area (Å²) < 4.78 is 27.8. The highest BCUT2D eigenvalue weighted by Gasteiger charge is 2.31. The lowest BCUT2D eigenvalue weighted by Gasteiger charge is -2.27. The van der Waals surface area contributed by atoms with Gasteiger partial charge in [-0.3, -0.25) is 4.79 Å². The fourth-order valence-corrected chi connectivity index (χ4v) is 3.41. The van der Waals surface area contributed by atoms with Gasteiger partial charge in [0.25, 0.3) is 10.0 Å². The number of sulfonamides is 1. The first-order valence-corrected chi connectivity index (χ1v) is 8.33. The van der Waals surface area contributed by atoms with Crippen LogP contribution in [0.5, 0.6) is 0 Å². The number of likely N-dealkylation sites (N-methyl/N-ethyl adjacent to an activating group) is 2. The largest absolute Gasteiger partial charge is 0.349 e. The van der Waals surface area contributed by atoms with Gasteiger partial charge >= 0.3 is 0 Å². The maximum Gasteiger partial charge on any atom is 0.285 e. The van der Waals surface area contributed by atoms with Gasteiger partial charge in [0.05, 0.1) is 6.54 Å². The number of benzene rings is 1. The Labute approximate surface area is 130 Å². The van der Waals surface area contributed by atoms with Crippen molar-refractivity contribution in [2.75, 3.05) is 27.2 Å². The number of amides is 1. The van der Waals surface area contributed by atoms with Crippen LogP contribution in [0.15, 0.2) is 33.6 Å². The van der Waals surface area contributed by atoms with Gasteiger partial charge in [0.2, 0.25) is 5.91 Å². The standard InChI is InChI=1S/C14H20N4O3S/c1-10(8-15)18(3)13(19)9-17(2)14-11-6-4-5-7-12(11)22(20,21)16-14/h4-7,10H,8-9,15H2,1-3H3. The van der Waals surface area contributed by atoms with E-state index in [0.717, 1.165) is 0 Å². The van der Waals surface area contributed by atoms with Crippen LogP contribution in [-0.4, -0.2) is 63.2 Å². The number of nitrogens with zero attached hydrogens (tertiary/aromatic N) is 3. The van der Waals surface area contributed by atoms with Crippen molar-refractivity contribution in [2.45, 2.75) is 17.9 Å². The zero-order valence-electron chi connectivity index (χ0n) is 12.9. The molecule has 0 saturated heterocycles. The van der Waals surface area contributed by atoms with Gasteiger partial charge < -0.3 is 15.5 Å². The molecule has 1 amide bonds. The zero-order valence-corrected chi connectivity index (χ0v) is 13.7. The number of nitrogens with two attached hydrogens (primary N) is 1. The van der Waals surface area contributed by atoms with Crippen LogP contribution in [0.25, 0.3) is 0 Å². The molecule has 0 saturated carbocycles. The molecule has 1 aromatic carbocycles. The third kappa shape index (κ3) is 2.97. The molecule has 0 fully saturated rings. The summed E-state index contributed by atoms with van der Waals surface area (Å²) in [6.07, 6.45) is 0. The molecule has 0 bridgehead atoms. The van der Waals surface area contributed by atoms with E-state index >= 15 is 0 Å². The fraction of sp³-hybridized carbons (Fsp3) is 0.429.